The average molecular weight is 321 g/mol. The lowest BCUT2D eigenvalue weighted by atomic mass is 10.1. The van der Waals surface area contributed by atoms with E-state index in [0.29, 0.717) is 16.7 Å². The fourth-order valence-corrected chi connectivity index (χ4v) is 2.54. The molecule has 0 aliphatic heterocycles. The number of benzene rings is 1. The van der Waals surface area contributed by atoms with Crippen molar-refractivity contribution in [1.82, 2.24) is 14.5 Å². The topological polar surface area (TPSA) is 50.7 Å². The first-order valence-electron chi connectivity index (χ1n) is 7.07. The molecule has 0 bridgehead atoms. The normalized spacial score (nSPS) is 12.0. The molecule has 4 nitrogen and oxygen atoms in total. The van der Waals surface area contributed by atoms with Gasteiger partial charge < -0.3 is 4.98 Å². The van der Waals surface area contributed by atoms with Crippen LogP contribution in [0.4, 0.5) is 13.2 Å². The maximum Gasteiger partial charge on any atom is 0.449 e. The second-order valence-corrected chi connectivity index (χ2v) is 5.34. The number of aryl methyl sites for hydroxylation is 2. The van der Waals surface area contributed by atoms with Crippen molar-refractivity contribution in [2.45, 2.75) is 26.1 Å². The van der Waals surface area contributed by atoms with E-state index in [1.165, 1.54) is 6.07 Å². The molecule has 2 aromatic heterocycles. The van der Waals surface area contributed by atoms with Gasteiger partial charge in [0, 0.05) is 12.2 Å². The molecule has 0 saturated carbocycles. The fraction of sp³-hybridized carbons (Fsp3) is 0.250. The quantitative estimate of drug-likeness (QED) is 0.805. The van der Waals surface area contributed by atoms with E-state index in [1.54, 1.807) is 19.1 Å². The Morgan fingerprint density at radius 3 is 2.57 bits per heavy atom. The van der Waals surface area contributed by atoms with E-state index in [-0.39, 0.29) is 17.6 Å². The fourth-order valence-electron chi connectivity index (χ4n) is 2.54. The summed E-state index contributed by atoms with van der Waals surface area (Å²) in [6.45, 7) is 1.59. The second kappa shape index (κ2) is 5.57. The lowest BCUT2D eigenvalue weighted by Crippen LogP contribution is -2.30. The number of rotatable bonds is 3. The van der Waals surface area contributed by atoms with E-state index in [1.807, 2.05) is 18.2 Å². The van der Waals surface area contributed by atoms with Crippen LogP contribution in [0.25, 0.3) is 11.0 Å². The van der Waals surface area contributed by atoms with Crippen LogP contribution in [0.15, 0.2) is 41.2 Å². The number of aromatic nitrogens is 3. The maximum atomic E-state index is 13.3. The van der Waals surface area contributed by atoms with Crippen LogP contribution >= 0.6 is 0 Å². The zero-order valence-corrected chi connectivity index (χ0v) is 12.3. The van der Waals surface area contributed by atoms with Gasteiger partial charge in [0.15, 0.2) is 0 Å². The maximum absolute atomic E-state index is 13.3. The molecule has 0 amide bonds. The van der Waals surface area contributed by atoms with Gasteiger partial charge in [-0.2, -0.15) is 13.2 Å². The molecule has 3 rings (SSSR count). The van der Waals surface area contributed by atoms with Crippen LogP contribution in [-0.4, -0.2) is 14.5 Å². The molecule has 0 unspecified atom stereocenters. The third-order valence-electron chi connectivity index (χ3n) is 3.60. The highest BCUT2D eigenvalue weighted by Crippen LogP contribution is 2.28. The van der Waals surface area contributed by atoms with Crippen molar-refractivity contribution >= 4 is 11.0 Å². The number of hydrogen-bond acceptors (Lipinski definition) is 2. The van der Waals surface area contributed by atoms with Crippen LogP contribution in [-0.2, 0) is 19.1 Å². The van der Waals surface area contributed by atoms with E-state index < -0.39 is 17.6 Å². The summed E-state index contributed by atoms with van der Waals surface area (Å²) in [6.07, 6.45) is -4.37. The number of H-pyrrole nitrogens is 1. The van der Waals surface area contributed by atoms with Crippen LogP contribution in [0, 0.1) is 6.92 Å². The number of halogens is 3. The molecular formula is C16H14F3N3O. The van der Waals surface area contributed by atoms with Gasteiger partial charge in [-0.15, -0.1) is 0 Å². The lowest BCUT2D eigenvalue weighted by Gasteiger charge is -2.14. The largest absolute Gasteiger partial charge is 0.449 e. The van der Waals surface area contributed by atoms with Gasteiger partial charge in [0.1, 0.15) is 5.65 Å². The van der Waals surface area contributed by atoms with Crippen molar-refractivity contribution in [3.05, 3.63) is 63.8 Å². The molecule has 0 spiro atoms. The molecule has 7 heteroatoms. The average Bonchev–Trinajstić information content (AvgIpc) is 2.87. The predicted molar refractivity (Wildman–Crippen MR) is 80.2 cm³/mol. The molecule has 0 fully saturated rings. The molecule has 0 radical (unpaired) electrons. The minimum absolute atomic E-state index is 0.0317. The molecule has 23 heavy (non-hydrogen) atoms. The van der Waals surface area contributed by atoms with Gasteiger partial charge in [-0.3, -0.25) is 9.36 Å². The summed E-state index contributed by atoms with van der Waals surface area (Å²) < 4.78 is 40.5. The van der Waals surface area contributed by atoms with Gasteiger partial charge in [0.2, 0.25) is 5.82 Å². The zero-order valence-electron chi connectivity index (χ0n) is 12.3. The van der Waals surface area contributed by atoms with Crippen LogP contribution in [0.3, 0.4) is 0 Å². The van der Waals surface area contributed by atoms with Gasteiger partial charge >= 0.3 is 6.18 Å². The lowest BCUT2D eigenvalue weighted by molar-refractivity contribution is -0.148. The molecule has 2 heterocycles. The summed E-state index contributed by atoms with van der Waals surface area (Å²) >= 11 is 0. The molecular weight excluding hydrogens is 307 g/mol. The third kappa shape index (κ3) is 2.99. The first-order valence-corrected chi connectivity index (χ1v) is 7.07. The molecule has 0 aliphatic carbocycles. The van der Waals surface area contributed by atoms with Crippen molar-refractivity contribution in [2.75, 3.05) is 0 Å². The van der Waals surface area contributed by atoms with Crippen molar-refractivity contribution in [3.63, 3.8) is 0 Å². The minimum atomic E-state index is -4.69. The smallest absolute Gasteiger partial charge is 0.343 e. The first-order chi connectivity index (χ1) is 10.9. The van der Waals surface area contributed by atoms with Gasteiger partial charge in [-0.25, -0.2) is 4.98 Å². The Kier molecular flexibility index (Phi) is 3.71. The summed E-state index contributed by atoms with van der Waals surface area (Å²) in [6, 6.07) is 10.6. The van der Waals surface area contributed by atoms with E-state index in [2.05, 4.69) is 9.97 Å². The number of alkyl halides is 3. The second-order valence-electron chi connectivity index (χ2n) is 5.34. The molecule has 0 atom stereocenters. The Morgan fingerprint density at radius 1 is 1.22 bits per heavy atom. The van der Waals surface area contributed by atoms with E-state index in [4.69, 9.17) is 0 Å². The Balaban J connectivity index is 2.09. The van der Waals surface area contributed by atoms with Crippen molar-refractivity contribution in [1.29, 1.82) is 0 Å². The Labute approximate surface area is 129 Å². The highest BCUT2D eigenvalue weighted by Gasteiger charge is 2.37. The zero-order chi connectivity index (χ0) is 16.6. The number of hydrogen-bond donors (Lipinski definition) is 1. The van der Waals surface area contributed by atoms with E-state index >= 15 is 0 Å². The predicted octanol–water partition coefficient (Wildman–Crippen LogP) is 3.29. The van der Waals surface area contributed by atoms with E-state index in [9.17, 15) is 18.0 Å². The van der Waals surface area contributed by atoms with Crippen LogP contribution in [0.1, 0.15) is 17.1 Å². The van der Waals surface area contributed by atoms with Crippen LogP contribution < -0.4 is 5.56 Å². The number of nitrogens with one attached hydrogen (secondary N) is 1. The number of nitrogens with zero attached hydrogens (tertiary/aromatic N) is 2. The molecule has 0 aliphatic rings. The molecule has 120 valence electrons. The molecule has 1 N–H and O–H groups in total. The summed E-state index contributed by atoms with van der Waals surface area (Å²) in [5.41, 5.74) is 0.745. The molecule has 0 saturated heterocycles. The SMILES string of the molecule is Cc1cc2c(=O)n(CCc3ccccc3)c(C(F)(F)F)nc2[nH]1. The van der Waals surface area contributed by atoms with Crippen molar-refractivity contribution in [2.24, 2.45) is 0 Å². The summed E-state index contributed by atoms with van der Waals surface area (Å²) in [7, 11) is 0. The van der Waals surface area contributed by atoms with Gasteiger partial charge in [-0.05, 0) is 25.0 Å². The van der Waals surface area contributed by atoms with Gasteiger partial charge in [0.05, 0.1) is 5.39 Å². The highest BCUT2D eigenvalue weighted by atomic mass is 19.4. The van der Waals surface area contributed by atoms with Crippen LogP contribution in [0.5, 0.6) is 0 Å². The Bertz CT molecular complexity index is 895. The third-order valence-corrected chi connectivity index (χ3v) is 3.60. The Hall–Kier alpha value is -2.57. The first kappa shape index (κ1) is 15.3. The van der Waals surface area contributed by atoms with Gasteiger partial charge in [-0.1, -0.05) is 30.3 Å². The minimum Gasteiger partial charge on any atom is -0.343 e. The monoisotopic (exact) mass is 321 g/mol. The summed E-state index contributed by atoms with van der Waals surface area (Å²) in [4.78, 5) is 18.7. The molecule has 3 aromatic rings. The molecule has 1 aromatic carbocycles. The van der Waals surface area contributed by atoms with Crippen molar-refractivity contribution in [3.8, 4) is 0 Å². The standard InChI is InChI=1S/C16H14F3N3O/c1-10-9-12-13(20-10)21-15(16(17,18)19)22(14(12)23)8-7-11-5-3-2-4-6-11/h2-6,9,20H,7-8H2,1H3. The van der Waals surface area contributed by atoms with E-state index in [0.717, 1.165) is 5.56 Å². The summed E-state index contributed by atoms with van der Waals surface area (Å²) in [5, 5.41) is 0.170. The number of aromatic amines is 1. The Morgan fingerprint density at radius 2 is 1.91 bits per heavy atom. The van der Waals surface area contributed by atoms with Crippen molar-refractivity contribution < 1.29 is 13.2 Å². The number of fused-ring (bicyclic) bond motifs is 1. The van der Waals surface area contributed by atoms with Crippen LogP contribution in [0.2, 0.25) is 0 Å². The summed E-state index contributed by atoms with van der Waals surface area (Å²) in [5.74, 6) is -1.17. The van der Waals surface area contributed by atoms with Gasteiger partial charge in [0.25, 0.3) is 5.56 Å². The highest BCUT2D eigenvalue weighted by molar-refractivity contribution is 5.75.